The van der Waals surface area contributed by atoms with Gasteiger partial charge in [-0.15, -0.1) is 21.5 Å². The molecule has 0 atom stereocenters. The Kier molecular flexibility index (Phi) is 6.20. The van der Waals surface area contributed by atoms with Crippen LogP contribution in [0.3, 0.4) is 0 Å². The van der Waals surface area contributed by atoms with Crippen LogP contribution in [-0.4, -0.2) is 37.4 Å². The van der Waals surface area contributed by atoms with Crippen LogP contribution in [0.4, 0.5) is 0 Å². The number of amides is 1. The Morgan fingerprint density at radius 2 is 1.97 bits per heavy atom. The van der Waals surface area contributed by atoms with E-state index in [4.69, 9.17) is 0 Å². The summed E-state index contributed by atoms with van der Waals surface area (Å²) in [5.41, 5.74) is 2.23. The van der Waals surface area contributed by atoms with Crippen molar-refractivity contribution >= 4 is 40.3 Å². The highest BCUT2D eigenvalue weighted by molar-refractivity contribution is 7.99. The Labute approximate surface area is 193 Å². The van der Waals surface area contributed by atoms with E-state index in [0.717, 1.165) is 35.9 Å². The normalized spacial score (nSPS) is 13.4. The third-order valence-corrected chi connectivity index (χ3v) is 7.72. The number of rotatable bonds is 9. The minimum absolute atomic E-state index is 0.168. The average Bonchev–Trinajstić information content (AvgIpc) is 3.18. The van der Waals surface area contributed by atoms with Gasteiger partial charge in [0.05, 0.1) is 5.75 Å². The topological polar surface area (TPSA) is 51.0 Å². The van der Waals surface area contributed by atoms with Gasteiger partial charge in [-0.25, -0.2) is 0 Å². The second-order valence-corrected chi connectivity index (χ2v) is 10.3. The zero-order chi connectivity index (χ0) is 21.0. The Balaban J connectivity index is 1.35. The monoisotopic (exact) mass is 466 g/mol. The highest BCUT2D eigenvalue weighted by Gasteiger charge is 2.32. The third-order valence-electron chi connectivity index (χ3n) is 5.19. The highest BCUT2D eigenvalue weighted by Crippen LogP contribution is 2.31. The molecular weight excluding hydrogens is 444 g/mol. The predicted molar refractivity (Wildman–Crippen MR) is 127 cm³/mol. The fourth-order valence-corrected chi connectivity index (χ4v) is 5.73. The number of hydrogen-bond donors (Lipinski definition) is 0. The van der Waals surface area contributed by atoms with Crippen molar-refractivity contribution in [2.75, 3.05) is 5.75 Å². The molecule has 5 rings (SSSR count). The second kappa shape index (κ2) is 9.38. The molecule has 3 aromatic heterocycles. The summed E-state index contributed by atoms with van der Waals surface area (Å²) in [6.07, 6.45) is 2.93. The molecule has 1 fully saturated rings. The number of nitrogens with zero attached hydrogens (tertiary/aromatic N) is 4. The lowest BCUT2D eigenvalue weighted by Crippen LogP contribution is -2.33. The fraction of sp³-hybridized carbons (Fsp3) is 0.261. The standard InChI is InChI=1S/C23H22N4OS3/c28-22(26(18-8-9-18)14-17-10-12-29-15-17)16-31-23-25-24-21(13-20-7-4-11-30-20)27(23)19-5-2-1-3-6-19/h1-7,10-12,15,18H,8-9,13-14,16H2. The van der Waals surface area contributed by atoms with Crippen molar-refractivity contribution in [1.82, 2.24) is 19.7 Å². The van der Waals surface area contributed by atoms with Gasteiger partial charge in [0.1, 0.15) is 5.82 Å². The van der Waals surface area contributed by atoms with E-state index in [-0.39, 0.29) is 5.91 Å². The SMILES string of the molecule is O=C(CSc1nnc(Cc2cccs2)n1-c1ccccc1)N(Cc1ccsc1)C1CC1. The first-order valence-corrected chi connectivity index (χ1v) is 13.0. The molecule has 1 amide bonds. The van der Waals surface area contributed by atoms with Crippen molar-refractivity contribution in [1.29, 1.82) is 0 Å². The molecule has 0 saturated heterocycles. The van der Waals surface area contributed by atoms with E-state index in [9.17, 15) is 4.79 Å². The molecule has 31 heavy (non-hydrogen) atoms. The minimum Gasteiger partial charge on any atom is -0.335 e. The summed E-state index contributed by atoms with van der Waals surface area (Å²) in [5, 5.41) is 16.0. The van der Waals surface area contributed by atoms with Gasteiger partial charge in [0, 0.05) is 29.6 Å². The number of para-hydroxylation sites is 1. The summed E-state index contributed by atoms with van der Waals surface area (Å²) in [6, 6.07) is 16.8. The van der Waals surface area contributed by atoms with Crippen LogP contribution in [-0.2, 0) is 17.8 Å². The van der Waals surface area contributed by atoms with Gasteiger partial charge in [-0.05, 0) is 58.8 Å². The van der Waals surface area contributed by atoms with Crippen LogP contribution in [0.1, 0.15) is 29.1 Å². The summed E-state index contributed by atoms with van der Waals surface area (Å²) in [4.78, 5) is 16.4. The molecule has 0 radical (unpaired) electrons. The number of aromatic nitrogens is 3. The Bertz CT molecular complexity index is 1120. The predicted octanol–water partition coefficient (Wildman–Crippen LogP) is 5.26. The molecule has 0 spiro atoms. The second-order valence-electron chi connectivity index (χ2n) is 7.50. The van der Waals surface area contributed by atoms with E-state index in [1.807, 2.05) is 23.1 Å². The van der Waals surface area contributed by atoms with Crippen LogP contribution in [0, 0.1) is 0 Å². The van der Waals surface area contributed by atoms with Crippen molar-refractivity contribution in [3.05, 3.63) is 80.9 Å². The lowest BCUT2D eigenvalue weighted by atomic mass is 10.3. The molecule has 1 aliphatic carbocycles. The van der Waals surface area contributed by atoms with Crippen LogP contribution in [0.15, 0.2) is 69.8 Å². The number of carbonyl (C=O) groups excluding carboxylic acids is 1. The number of hydrogen-bond acceptors (Lipinski definition) is 6. The van der Waals surface area contributed by atoms with Crippen molar-refractivity contribution in [3.8, 4) is 5.69 Å². The van der Waals surface area contributed by atoms with Crippen molar-refractivity contribution < 1.29 is 4.79 Å². The van der Waals surface area contributed by atoms with E-state index in [1.165, 1.54) is 22.2 Å². The van der Waals surface area contributed by atoms with Gasteiger partial charge >= 0.3 is 0 Å². The molecule has 4 aromatic rings. The fourth-order valence-electron chi connectivity index (χ4n) is 3.51. The summed E-state index contributed by atoms with van der Waals surface area (Å²) in [5.74, 6) is 1.42. The summed E-state index contributed by atoms with van der Waals surface area (Å²) in [6.45, 7) is 0.697. The van der Waals surface area contributed by atoms with Gasteiger partial charge in [0.15, 0.2) is 5.16 Å². The number of carbonyl (C=O) groups is 1. The molecule has 158 valence electrons. The maximum atomic E-state index is 13.1. The molecule has 1 aliphatic rings. The molecular formula is C23H22N4OS3. The molecule has 5 nitrogen and oxygen atoms in total. The number of thioether (sulfide) groups is 1. The van der Waals surface area contributed by atoms with Crippen LogP contribution in [0.2, 0.25) is 0 Å². The lowest BCUT2D eigenvalue weighted by Gasteiger charge is -2.21. The Morgan fingerprint density at radius 1 is 1.10 bits per heavy atom. The van der Waals surface area contributed by atoms with Gasteiger partial charge in [-0.2, -0.15) is 11.3 Å². The van der Waals surface area contributed by atoms with E-state index in [2.05, 4.69) is 61.2 Å². The third kappa shape index (κ3) is 4.92. The maximum absolute atomic E-state index is 13.1. The lowest BCUT2D eigenvalue weighted by molar-refractivity contribution is -0.129. The van der Waals surface area contributed by atoms with Crippen molar-refractivity contribution in [2.45, 2.75) is 37.0 Å². The van der Waals surface area contributed by atoms with Crippen molar-refractivity contribution in [2.24, 2.45) is 0 Å². The van der Waals surface area contributed by atoms with E-state index in [0.29, 0.717) is 18.3 Å². The number of benzene rings is 1. The molecule has 3 heterocycles. The quantitative estimate of drug-likeness (QED) is 0.316. The van der Waals surface area contributed by atoms with Gasteiger partial charge in [-0.3, -0.25) is 9.36 Å². The summed E-state index contributed by atoms with van der Waals surface area (Å²) >= 11 is 4.87. The first-order chi connectivity index (χ1) is 15.3. The van der Waals surface area contributed by atoms with E-state index >= 15 is 0 Å². The Morgan fingerprint density at radius 3 is 2.68 bits per heavy atom. The minimum atomic E-state index is 0.168. The van der Waals surface area contributed by atoms with Crippen molar-refractivity contribution in [3.63, 3.8) is 0 Å². The molecule has 1 saturated carbocycles. The van der Waals surface area contributed by atoms with Gasteiger partial charge in [0.2, 0.25) is 5.91 Å². The smallest absolute Gasteiger partial charge is 0.233 e. The first-order valence-electron chi connectivity index (χ1n) is 10.2. The highest BCUT2D eigenvalue weighted by atomic mass is 32.2. The van der Waals surface area contributed by atoms with Gasteiger partial charge in [0.25, 0.3) is 0 Å². The summed E-state index contributed by atoms with van der Waals surface area (Å²) in [7, 11) is 0. The zero-order valence-corrected chi connectivity index (χ0v) is 19.3. The molecule has 8 heteroatoms. The van der Waals surface area contributed by atoms with Crippen LogP contribution in [0.5, 0.6) is 0 Å². The van der Waals surface area contributed by atoms with Crippen LogP contribution >= 0.6 is 34.4 Å². The van der Waals surface area contributed by atoms with Gasteiger partial charge in [-0.1, -0.05) is 36.0 Å². The van der Waals surface area contributed by atoms with Crippen LogP contribution < -0.4 is 0 Å². The molecule has 0 aliphatic heterocycles. The number of thiophene rings is 2. The summed E-state index contributed by atoms with van der Waals surface area (Å²) < 4.78 is 2.08. The maximum Gasteiger partial charge on any atom is 0.233 e. The molecule has 1 aromatic carbocycles. The van der Waals surface area contributed by atoms with Crippen LogP contribution in [0.25, 0.3) is 5.69 Å². The zero-order valence-electron chi connectivity index (χ0n) is 16.9. The van der Waals surface area contributed by atoms with E-state index in [1.54, 1.807) is 22.7 Å². The first kappa shape index (κ1) is 20.5. The molecule has 0 bridgehead atoms. The largest absolute Gasteiger partial charge is 0.335 e. The van der Waals surface area contributed by atoms with E-state index < -0.39 is 0 Å². The Hall–Kier alpha value is -2.42. The average molecular weight is 467 g/mol. The van der Waals surface area contributed by atoms with Gasteiger partial charge < -0.3 is 4.90 Å². The molecule has 0 unspecified atom stereocenters. The molecule has 0 N–H and O–H groups in total.